The normalized spacial score (nSPS) is 17.8. The van der Waals surface area contributed by atoms with Gasteiger partial charge < -0.3 is 0 Å². The van der Waals surface area contributed by atoms with Crippen molar-refractivity contribution in [3.05, 3.63) is 70.2 Å². The molecule has 5 rings (SSSR count). The van der Waals surface area contributed by atoms with Gasteiger partial charge in [-0.05, 0) is 62.3 Å². The van der Waals surface area contributed by atoms with Gasteiger partial charge in [0.05, 0.1) is 27.6 Å². The molecule has 1 aliphatic rings. The topological polar surface area (TPSA) is 38.9 Å². The van der Waals surface area contributed by atoms with E-state index < -0.39 is 0 Å². The average Bonchev–Trinajstić information content (AvgIpc) is 3.33. The van der Waals surface area contributed by atoms with E-state index in [1.54, 1.807) is 0 Å². The lowest BCUT2D eigenvalue weighted by molar-refractivity contribution is 0.156. The van der Waals surface area contributed by atoms with Gasteiger partial charge >= 0.3 is 0 Å². The zero-order chi connectivity index (χ0) is 19.8. The number of hydrogen-bond acceptors (Lipinski definition) is 5. The van der Waals surface area contributed by atoms with E-state index in [9.17, 15) is 0 Å². The predicted molar refractivity (Wildman–Crippen MR) is 120 cm³/mol. The second-order valence-electron chi connectivity index (χ2n) is 7.65. The smallest absolute Gasteiger partial charge is 0.203 e. The van der Waals surface area contributed by atoms with E-state index in [2.05, 4.69) is 53.3 Å². The van der Waals surface area contributed by atoms with E-state index in [4.69, 9.17) is 17.2 Å². The minimum Gasteiger partial charge on any atom is -0.284 e. The van der Waals surface area contributed by atoms with Gasteiger partial charge in [0.25, 0.3) is 0 Å². The summed E-state index contributed by atoms with van der Waals surface area (Å²) < 4.78 is 5.95. The SMILES string of the molecule is Cc1ccccc1-n1cnn(CN2CCC[C@H](c3nc4ccccc4s3)C2)c1=S. The van der Waals surface area contributed by atoms with Crippen molar-refractivity contribution in [2.75, 3.05) is 13.1 Å². The quantitative estimate of drug-likeness (QED) is 0.427. The zero-order valence-electron chi connectivity index (χ0n) is 16.4. The highest BCUT2D eigenvalue weighted by Crippen LogP contribution is 2.33. The highest BCUT2D eigenvalue weighted by Gasteiger charge is 2.24. The van der Waals surface area contributed by atoms with E-state index in [1.807, 2.05) is 39.0 Å². The number of nitrogens with zero attached hydrogens (tertiary/aromatic N) is 5. The Kier molecular flexibility index (Phi) is 5.03. The molecule has 29 heavy (non-hydrogen) atoms. The molecular formula is C22H23N5S2. The number of fused-ring (bicyclic) bond motifs is 1. The molecule has 1 atom stereocenters. The van der Waals surface area contributed by atoms with Gasteiger partial charge in [-0.2, -0.15) is 5.10 Å². The van der Waals surface area contributed by atoms with Crippen LogP contribution in [0.25, 0.3) is 15.9 Å². The molecule has 0 amide bonds. The van der Waals surface area contributed by atoms with Crippen molar-refractivity contribution >= 4 is 33.8 Å². The van der Waals surface area contributed by atoms with Crippen LogP contribution in [0.3, 0.4) is 0 Å². The van der Waals surface area contributed by atoms with E-state index in [0.717, 1.165) is 35.7 Å². The van der Waals surface area contributed by atoms with Gasteiger partial charge in [0, 0.05) is 12.5 Å². The molecule has 1 saturated heterocycles. The summed E-state index contributed by atoms with van der Waals surface area (Å²) in [6.07, 6.45) is 4.20. The molecule has 4 aromatic rings. The van der Waals surface area contributed by atoms with Crippen LogP contribution in [-0.2, 0) is 6.67 Å². The minimum atomic E-state index is 0.480. The van der Waals surface area contributed by atoms with E-state index >= 15 is 0 Å². The Morgan fingerprint density at radius 3 is 2.83 bits per heavy atom. The summed E-state index contributed by atoms with van der Waals surface area (Å²) in [4.78, 5) is 7.34. The molecule has 2 aromatic heterocycles. The maximum absolute atomic E-state index is 5.73. The van der Waals surface area contributed by atoms with E-state index in [1.165, 1.54) is 28.1 Å². The van der Waals surface area contributed by atoms with Crippen molar-refractivity contribution < 1.29 is 0 Å². The van der Waals surface area contributed by atoms with E-state index in [-0.39, 0.29) is 0 Å². The molecule has 148 valence electrons. The number of likely N-dealkylation sites (tertiary alicyclic amines) is 1. The van der Waals surface area contributed by atoms with Crippen LogP contribution in [0.15, 0.2) is 54.9 Å². The number of rotatable bonds is 4. The van der Waals surface area contributed by atoms with Gasteiger partial charge in [-0.3, -0.25) is 9.47 Å². The third-order valence-corrected chi connectivity index (χ3v) is 7.21. The largest absolute Gasteiger partial charge is 0.284 e. The highest BCUT2D eigenvalue weighted by molar-refractivity contribution is 7.71. The fraction of sp³-hybridized carbons (Fsp3) is 0.318. The van der Waals surface area contributed by atoms with Crippen molar-refractivity contribution in [2.24, 2.45) is 0 Å². The van der Waals surface area contributed by atoms with Crippen LogP contribution in [0.1, 0.15) is 29.3 Å². The van der Waals surface area contributed by atoms with Crippen LogP contribution >= 0.6 is 23.6 Å². The molecule has 2 aromatic carbocycles. The third kappa shape index (κ3) is 3.66. The van der Waals surface area contributed by atoms with Crippen LogP contribution in [0.5, 0.6) is 0 Å². The summed E-state index contributed by atoms with van der Waals surface area (Å²) >= 11 is 7.56. The Morgan fingerprint density at radius 2 is 1.97 bits per heavy atom. The maximum Gasteiger partial charge on any atom is 0.203 e. The molecule has 7 heteroatoms. The van der Waals surface area contributed by atoms with Crippen molar-refractivity contribution in [3.8, 4) is 5.69 Å². The Hall–Kier alpha value is -2.35. The first-order valence-corrected chi connectivity index (χ1v) is 11.2. The number of piperidine rings is 1. The average molecular weight is 422 g/mol. The molecule has 3 heterocycles. The number of para-hydroxylation sites is 2. The second-order valence-corrected chi connectivity index (χ2v) is 9.07. The summed E-state index contributed by atoms with van der Waals surface area (Å²) in [5.74, 6) is 0.480. The van der Waals surface area contributed by atoms with Gasteiger partial charge in [0.1, 0.15) is 6.33 Å². The summed E-state index contributed by atoms with van der Waals surface area (Å²) in [5.41, 5.74) is 3.40. The van der Waals surface area contributed by atoms with E-state index in [0.29, 0.717) is 5.92 Å². The standard InChI is InChI=1S/C22H23N5S2/c1-16-7-2-4-10-19(16)26-14-23-27(22(26)28)15-25-12-6-8-17(13-25)21-24-18-9-3-5-11-20(18)29-21/h2-5,7,9-11,14,17H,6,8,12-13,15H2,1H3/t17-/m0/s1. The van der Waals surface area contributed by atoms with Gasteiger partial charge in [0.15, 0.2) is 0 Å². The minimum absolute atomic E-state index is 0.480. The Bertz CT molecular complexity index is 1170. The molecule has 0 aliphatic carbocycles. The van der Waals surface area contributed by atoms with Gasteiger partial charge in [-0.25, -0.2) is 9.67 Å². The molecule has 0 unspecified atom stereocenters. The fourth-order valence-electron chi connectivity index (χ4n) is 4.07. The monoisotopic (exact) mass is 421 g/mol. The second kappa shape index (κ2) is 7.82. The number of thiazole rings is 1. The van der Waals surface area contributed by atoms with Crippen molar-refractivity contribution in [3.63, 3.8) is 0 Å². The third-order valence-electron chi connectivity index (χ3n) is 5.61. The summed E-state index contributed by atoms with van der Waals surface area (Å²) in [6, 6.07) is 16.7. The molecule has 0 bridgehead atoms. The fourth-order valence-corrected chi connectivity index (χ4v) is 5.42. The van der Waals surface area contributed by atoms with Gasteiger partial charge in [0.2, 0.25) is 4.77 Å². The van der Waals surface area contributed by atoms with Crippen LogP contribution in [0.4, 0.5) is 0 Å². The summed E-state index contributed by atoms with van der Waals surface area (Å²) in [6.45, 7) is 4.89. The first-order chi connectivity index (χ1) is 14.2. The Morgan fingerprint density at radius 1 is 1.14 bits per heavy atom. The highest BCUT2D eigenvalue weighted by atomic mass is 32.1. The molecule has 1 fully saturated rings. The molecule has 0 spiro atoms. The van der Waals surface area contributed by atoms with Crippen LogP contribution in [0, 0.1) is 11.7 Å². The first-order valence-electron chi connectivity index (χ1n) is 9.97. The Balaban J connectivity index is 1.35. The van der Waals surface area contributed by atoms with Crippen molar-refractivity contribution in [1.29, 1.82) is 0 Å². The lowest BCUT2D eigenvalue weighted by atomic mass is 9.99. The molecule has 0 saturated carbocycles. The van der Waals surface area contributed by atoms with Crippen LogP contribution in [0.2, 0.25) is 0 Å². The molecule has 0 N–H and O–H groups in total. The lowest BCUT2D eigenvalue weighted by Gasteiger charge is -2.31. The molecule has 1 aliphatic heterocycles. The number of aromatic nitrogens is 4. The summed E-state index contributed by atoms with van der Waals surface area (Å²) in [5, 5.41) is 5.84. The first kappa shape index (κ1) is 18.7. The van der Waals surface area contributed by atoms with Crippen LogP contribution in [-0.4, -0.2) is 37.3 Å². The molecular weight excluding hydrogens is 398 g/mol. The number of benzene rings is 2. The van der Waals surface area contributed by atoms with Crippen LogP contribution < -0.4 is 0 Å². The lowest BCUT2D eigenvalue weighted by Crippen LogP contribution is -2.36. The Labute approximate surface area is 179 Å². The van der Waals surface area contributed by atoms with Gasteiger partial charge in [-0.1, -0.05) is 30.3 Å². The molecule has 5 nitrogen and oxygen atoms in total. The maximum atomic E-state index is 5.73. The van der Waals surface area contributed by atoms with Crippen molar-refractivity contribution in [1.82, 2.24) is 24.2 Å². The van der Waals surface area contributed by atoms with Crippen molar-refractivity contribution in [2.45, 2.75) is 32.4 Å². The summed E-state index contributed by atoms with van der Waals surface area (Å²) in [7, 11) is 0. The predicted octanol–water partition coefficient (Wildman–Crippen LogP) is 5.16. The number of aryl methyl sites for hydroxylation is 1. The van der Waals surface area contributed by atoms with Gasteiger partial charge in [-0.15, -0.1) is 11.3 Å². The number of hydrogen-bond donors (Lipinski definition) is 0. The zero-order valence-corrected chi connectivity index (χ0v) is 18.0. The molecule has 0 radical (unpaired) electrons.